The zero-order valence-electron chi connectivity index (χ0n) is 13.9. The predicted octanol–water partition coefficient (Wildman–Crippen LogP) is 0.464. The first-order valence-corrected chi connectivity index (χ1v) is 9.49. The highest BCUT2D eigenvalue weighted by Crippen LogP contribution is 2.52. The van der Waals surface area contributed by atoms with Gasteiger partial charge >= 0.3 is 5.69 Å². The van der Waals surface area contributed by atoms with Gasteiger partial charge in [-0.1, -0.05) is 6.42 Å². The van der Waals surface area contributed by atoms with Crippen molar-refractivity contribution in [1.82, 2.24) is 20.2 Å². The lowest BCUT2D eigenvalue weighted by Crippen LogP contribution is -2.57. The molecule has 7 atom stereocenters. The van der Waals surface area contributed by atoms with Gasteiger partial charge in [-0.2, -0.15) is 0 Å². The first kappa shape index (κ1) is 14.9. The second-order valence-corrected chi connectivity index (χ2v) is 8.27. The summed E-state index contributed by atoms with van der Waals surface area (Å²) in [6, 6.07) is 2.94. The molecular formula is C18H26N4O2. The number of nitrogens with one attached hydrogen (secondary N) is 3. The maximum Gasteiger partial charge on any atom is 0.328 e. The SMILES string of the molecule is O=c1ccn(C2CN[C@@H]3CC4CNC5CCCC(C45)[C@H]3C2)c(=O)[nH]1. The Kier molecular flexibility index (Phi) is 3.45. The summed E-state index contributed by atoms with van der Waals surface area (Å²) >= 11 is 0. The van der Waals surface area contributed by atoms with Gasteiger partial charge in [0, 0.05) is 30.9 Å². The van der Waals surface area contributed by atoms with Gasteiger partial charge in [0.15, 0.2) is 0 Å². The van der Waals surface area contributed by atoms with Crippen LogP contribution in [0.1, 0.15) is 38.1 Å². The molecule has 0 aromatic carbocycles. The number of rotatable bonds is 1. The van der Waals surface area contributed by atoms with Crippen LogP contribution in [0.4, 0.5) is 0 Å². The molecule has 3 N–H and O–H groups in total. The highest BCUT2D eigenvalue weighted by molar-refractivity contribution is 5.07. The van der Waals surface area contributed by atoms with Gasteiger partial charge in [-0.3, -0.25) is 14.3 Å². The number of hydrogen-bond donors (Lipinski definition) is 3. The number of nitrogens with zero attached hydrogens (tertiary/aromatic N) is 1. The molecule has 130 valence electrons. The molecule has 5 rings (SSSR count). The summed E-state index contributed by atoms with van der Waals surface area (Å²) in [6.45, 7) is 2.02. The van der Waals surface area contributed by atoms with E-state index in [1.165, 1.54) is 38.3 Å². The lowest BCUT2D eigenvalue weighted by molar-refractivity contribution is 0.0102. The van der Waals surface area contributed by atoms with E-state index >= 15 is 0 Å². The smallest absolute Gasteiger partial charge is 0.313 e. The Morgan fingerprint density at radius 1 is 1.00 bits per heavy atom. The molecule has 24 heavy (non-hydrogen) atoms. The van der Waals surface area contributed by atoms with Crippen LogP contribution in [0.25, 0.3) is 0 Å². The molecule has 1 aromatic heterocycles. The summed E-state index contributed by atoms with van der Waals surface area (Å²) in [7, 11) is 0. The normalized spacial score (nSPS) is 43.9. The van der Waals surface area contributed by atoms with Crippen molar-refractivity contribution in [3.8, 4) is 0 Å². The van der Waals surface area contributed by atoms with Crippen LogP contribution < -0.4 is 21.9 Å². The molecule has 0 spiro atoms. The summed E-state index contributed by atoms with van der Waals surface area (Å²) in [5.74, 6) is 3.12. The maximum absolute atomic E-state index is 12.2. The van der Waals surface area contributed by atoms with Crippen LogP contribution >= 0.6 is 0 Å². The number of piperidine rings is 1. The standard InChI is InChI=1S/C18H26N4O2/c23-16-4-5-22(18(24)21-16)11-7-13-12-2-1-3-14-17(12)10(8-19-14)6-15(13)20-9-11/h4-5,10-15,17,19-20H,1-3,6-9H2,(H,21,23,24)/t10?,11?,12?,13-,14?,15-,17?/m1/s1. The number of aromatic amines is 1. The van der Waals surface area contributed by atoms with Gasteiger partial charge < -0.3 is 10.6 Å². The largest absolute Gasteiger partial charge is 0.328 e. The van der Waals surface area contributed by atoms with E-state index in [-0.39, 0.29) is 17.3 Å². The number of fused-ring (bicyclic) bond motifs is 2. The zero-order valence-corrected chi connectivity index (χ0v) is 13.9. The molecular weight excluding hydrogens is 304 g/mol. The van der Waals surface area contributed by atoms with E-state index in [1.807, 2.05) is 0 Å². The lowest BCUT2D eigenvalue weighted by Gasteiger charge is -2.52. The second kappa shape index (κ2) is 5.56. The van der Waals surface area contributed by atoms with Crippen molar-refractivity contribution in [3.63, 3.8) is 0 Å². The third-order valence-corrected chi connectivity index (χ3v) is 7.23. The van der Waals surface area contributed by atoms with Crippen molar-refractivity contribution >= 4 is 0 Å². The number of hydrogen-bond acceptors (Lipinski definition) is 4. The molecule has 1 aromatic rings. The molecule has 4 fully saturated rings. The van der Waals surface area contributed by atoms with Crippen LogP contribution in [-0.4, -0.2) is 34.7 Å². The maximum atomic E-state index is 12.2. The monoisotopic (exact) mass is 330 g/mol. The Morgan fingerprint density at radius 2 is 1.88 bits per heavy atom. The molecule has 3 heterocycles. The molecule has 2 saturated carbocycles. The quantitative estimate of drug-likeness (QED) is 0.699. The van der Waals surface area contributed by atoms with Crippen molar-refractivity contribution in [2.75, 3.05) is 13.1 Å². The molecule has 2 aliphatic carbocycles. The van der Waals surface area contributed by atoms with Crippen LogP contribution in [0.2, 0.25) is 0 Å². The van der Waals surface area contributed by atoms with E-state index in [0.717, 1.165) is 36.8 Å². The average Bonchev–Trinajstić information content (AvgIpc) is 2.99. The summed E-state index contributed by atoms with van der Waals surface area (Å²) in [4.78, 5) is 25.9. The van der Waals surface area contributed by atoms with Gasteiger partial charge in [0.05, 0.1) is 6.04 Å². The van der Waals surface area contributed by atoms with E-state index < -0.39 is 0 Å². The Balaban J connectivity index is 1.43. The number of H-pyrrole nitrogens is 1. The minimum atomic E-state index is -0.314. The van der Waals surface area contributed by atoms with Crippen LogP contribution in [0.15, 0.2) is 21.9 Å². The van der Waals surface area contributed by atoms with E-state index in [9.17, 15) is 9.59 Å². The fourth-order valence-electron chi connectivity index (χ4n) is 6.34. The topological polar surface area (TPSA) is 78.9 Å². The molecule has 5 unspecified atom stereocenters. The summed E-state index contributed by atoms with van der Waals surface area (Å²) < 4.78 is 1.73. The summed E-state index contributed by atoms with van der Waals surface area (Å²) in [5, 5.41) is 7.52. The number of aromatic nitrogens is 2. The molecule has 2 saturated heterocycles. The summed E-state index contributed by atoms with van der Waals surface area (Å²) in [6.07, 6.45) is 8.02. The first-order chi connectivity index (χ1) is 11.7. The van der Waals surface area contributed by atoms with Crippen LogP contribution in [-0.2, 0) is 0 Å². The third-order valence-electron chi connectivity index (χ3n) is 7.23. The fourth-order valence-corrected chi connectivity index (χ4v) is 6.34. The highest BCUT2D eigenvalue weighted by atomic mass is 16.2. The predicted molar refractivity (Wildman–Crippen MR) is 91.0 cm³/mol. The van der Waals surface area contributed by atoms with Crippen LogP contribution in [0.5, 0.6) is 0 Å². The van der Waals surface area contributed by atoms with Gasteiger partial charge in [0.25, 0.3) is 5.56 Å². The van der Waals surface area contributed by atoms with Gasteiger partial charge in [-0.05, 0) is 55.9 Å². The first-order valence-electron chi connectivity index (χ1n) is 9.49. The van der Waals surface area contributed by atoms with Crippen LogP contribution in [0.3, 0.4) is 0 Å². The Hall–Kier alpha value is -1.40. The minimum absolute atomic E-state index is 0.155. The van der Waals surface area contributed by atoms with Crippen molar-refractivity contribution < 1.29 is 0 Å². The fraction of sp³-hybridized carbons (Fsp3) is 0.778. The Morgan fingerprint density at radius 3 is 2.75 bits per heavy atom. The second-order valence-electron chi connectivity index (χ2n) is 8.27. The molecule has 2 aliphatic heterocycles. The van der Waals surface area contributed by atoms with Gasteiger partial charge in [0.1, 0.15) is 0 Å². The van der Waals surface area contributed by atoms with E-state index in [4.69, 9.17) is 0 Å². The third kappa shape index (κ3) is 2.23. The van der Waals surface area contributed by atoms with Crippen molar-refractivity contribution in [1.29, 1.82) is 0 Å². The zero-order chi connectivity index (χ0) is 16.3. The van der Waals surface area contributed by atoms with Gasteiger partial charge in [0.2, 0.25) is 0 Å². The Bertz CT molecular complexity index is 741. The van der Waals surface area contributed by atoms with E-state index in [1.54, 1.807) is 10.8 Å². The molecule has 0 radical (unpaired) electrons. The van der Waals surface area contributed by atoms with Crippen molar-refractivity contribution in [2.24, 2.45) is 23.7 Å². The van der Waals surface area contributed by atoms with Gasteiger partial charge in [-0.25, -0.2) is 4.79 Å². The minimum Gasteiger partial charge on any atom is -0.313 e. The Labute approximate surface area is 141 Å². The molecule has 0 bridgehead atoms. The molecule has 6 heteroatoms. The van der Waals surface area contributed by atoms with Crippen molar-refractivity contribution in [2.45, 2.75) is 50.2 Å². The molecule has 0 amide bonds. The van der Waals surface area contributed by atoms with E-state index in [2.05, 4.69) is 15.6 Å². The average molecular weight is 330 g/mol. The van der Waals surface area contributed by atoms with E-state index in [0.29, 0.717) is 12.0 Å². The molecule has 6 nitrogen and oxygen atoms in total. The van der Waals surface area contributed by atoms with Crippen LogP contribution in [0, 0.1) is 23.7 Å². The van der Waals surface area contributed by atoms with Gasteiger partial charge in [-0.15, -0.1) is 0 Å². The lowest BCUT2D eigenvalue weighted by atomic mass is 9.57. The highest BCUT2D eigenvalue weighted by Gasteiger charge is 2.52. The molecule has 4 aliphatic rings. The summed E-state index contributed by atoms with van der Waals surface area (Å²) in [5.41, 5.74) is -0.587. The van der Waals surface area contributed by atoms with Crippen molar-refractivity contribution in [3.05, 3.63) is 33.1 Å².